The zero-order chi connectivity index (χ0) is 43.3. The minimum absolute atomic E-state index is 0.0487. The van der Waals surface area contributed by atoms with Crippen molar-refractivity contribution in [1.29, 1.82) is 0 Å². The molecule has 2 atom stereocenters. The number of rotatable bonds is 8. The summed E-state index contributed by atoms with van der Waals surface area (Å²) in [6.45, 7) is -0.227. The normalized spacial score (nSPS) is 15.5. The summed E-state index contributed by atoms with van der Waals surface area (Å²) in [5, 5.41) is 26.8. The summed E-state index contributed by atoms with van der Waals surface area (Å²) < 4.78 is 133. The summed E-state index contributed by atoms with van der Waals surface area (Å²) in [5.41, 5.74) is 12.7. The number of alkyl halides is 6. The molecule has 4 aromatic heterocycles. The monoisotopic (exact) mass is 858 g/mol. The molecule has 0 fully saturated rings. The van der Waals surface area contributed by atoms with Crippen LogP contribution >= 0.6 is 0 Å². The first-order valence-electron chi connectivity index (χ1n) is 18.0. The highest BCUT2D eigenvalue weighted by atomic mass is 19.4. The number of nitrogens with zero attached hydrogens (tertiary/aromatic N) is 10. The van der Waals surface area contributed by atoms with Crippen molar-refractivity contribution in [2.45, 2.75) is 76.3 Å². The van der Waals surface area contributed by atoms with E-state index < -0.39 is 59.4 Å². The zero-order valence-electron chi connectivity index (χ0n) is 30.8. The van der Waals surface area contributed by atoms with Crippen LogP contribution in [0.4, 0.5) is 43.9 Å². The highest BCUT2D eigenvalue weighted by molar-refractivity contribution is 5.83. The van der Waals surface area contributed by atoms with Crippen molar-refractivity contribution < 1.29 is 53.5 Å². The maximum Gasteiger partial charge on any atom is 0.451 e. The predicted molar refractivity (Wildman–Crippen MR) is 185 cm³/mol. The number of H-pyrrole nitrogens is 2. The van der Waals surface area contributed by atoms with Gasteiger partial charge in [0.1, 0.15) is 11.0 Å². The smallest absolute Gasteiger partial charge is 0.333 e. The van der Waals surface area contributed by atoms with Gasteiger partial charge in [-0.2, -0.15) is 36.5 Å². The van der Waals surface area contributed by atoms with Crippen LogP contribution < -0.4 is 11.5 Å². The van der Waals surface area contributed by atoms with Gasteiger partial charge in [-0.25, -0.2) is 17.6 Å². The van der Waals surface area contributed by atoms with Crippen LogP contribution in [0.2, 0.25) is 0 Å². The average Bonchev–Trinajstić information content (AvgIpc) is 3.99. The number of nitrogens with two attached hydrogens (primary N) is 2. The first-order valence-corrected chi connectivity index (χ1v) is 18.0. The Hall–Kier alpha value is -6.18. The molecule has 0 aliphatic carbocycles. The lowest BCUT2D eigenvalue weighted by molar-refractivity contribution is -0.149. The standard InChI is InChI=1S/2C17H16F5N7O/c2*18-10-2-1-9-11(24-26-15(9)14(10)19)5-8(23)6-13(30)28-3-4-29-12(7-28)25-27-16(29)17(20,21)22/h2*1-2,8H,3-7,23H2,(H,24,26)/t2*8-/m11/s1. The Morgan fingerprint density at radius 2 is 1.00 bits per heavy atom. The van der Waals surface area contributed by atoms with E-state index >= 15 is 0 Å². The molecule has 0 bridgehead atoms. The van der Waals surface area contributed by atoms with Gasteiger partial charge < -0.3 is 30.4 Å². The predicted octanol–water partition coefficient (Wildman–Crippen LogP) is 3.51. The van der Waals surface area contributed by atoms with Crippen LogP contribution in [0.25, 0.3) is 21.8 Å². The molecule has 2 aliphatic heterocycles. The van der Waals surface area contributed by atoms with Crippen molar-refractivity contribution in [1.82, 2.24) is 59.7 Å². The van der Waals surface area contributed by atoms with Crippen molar-refractivity contribution in [3.8, 4) is 0 Å². The number of amides is 2. The quantitative estimate of drug-likeness (QED) is 0.164. The number of hydrogen-bond acceptors (Lipinski definition) is 10. The van der Waals surface area contributed by atoms with Crippen molar-refractivity contribution >= 4 is 33.6 Å². The van der Waals surface area contributed by atoms with Crippen molar-refractivity contribution in [2.75, 3.05) is 13.1 Å². The van der Waals surface area contributed by atoms with E-state index in [9.17, 15) is 53.5 Å². The molecular weight excluding hydrogens is 826 g/mol. The molecule has 320 valence electrons. The Morgan fingerprint density at radius 3 is 1.37 bits per heavy atom. The third kappa shape index (κ3) is 8.45. The molecule has 6 heterocycles. The van der Waals surface area contributed by atoms with E-state index in [1.807, 2.05) is 0 Å². The number of carbonyl (C=O) groups excluding carboxylic acids is 2. The van der Waals surface area contributed by atoms with Gasteiger partial charge in [0.25, 0.3) is 0 Å². The van der Waals surface area contributed by atoms with Gasteiger partial charge >= 0.3 is 12.4 Å². The van der Waals surface area contributed by atoms with Gasteiger partial charge in [0, 0.05) is 86.1 Å². The van der Waals surface area contributed by atoms with Crippen LogP contribution in [0.3, 0.4) is 0 Å². The topological polar surface area (TPSA) is 211 Å². The van der Waals surface area contributed by atoms with Crippen molar-refractivity contribution in [3.05, 3.63) is 82.2 Å². The fourth-order valence-corrected chi connectivity index (χ4v) is 7.00. The SMILES string of the molecule is N[C@@H](CC(=O)N1CCn2c(nnc2C(F)(F)F)C1)Cc1[nH]nc2c(F)c(F)ccc12.N[C@@H](CC(=O)N1CCn2c(nnc2C(F)(F)F)C1)Cc1[nH]nc2c(F)c(F)ccc12. The lowest BCUT2D eigenvalue weighted by atomic mass is 10.0. The Kier molecular flexibility index (Phi) is 11.3. The van der Waals surface area contributed by atoms with E-state index in [1.54, 1.807) is 0 Å². The summed E-state index contributed by atoms with van der Waals surface area (Å²) in [6.07, 6.45) is -9.12. The second-order valence-electron chi connectivity index (χ2n) is 14.1. The third-order valence-electron chi connectivity index (χ3n) is 9.92. The number of hydrogen-bond donors (Lipinski definition) is 4. The summed E-state index contributed by atoms with van der Waals surface area (Å²) in [6, 6.07) is 3.37. The molecule has 6 aromatic rings. The van der Waals surface area contributed by atoms with E-state index in [0.29, 0.717) is 22.2 Å². The number of aromatic nitrogens is 10. The van der Waals surface area contributed by atoms with Crippen LogP contribution in [0.5, 0.6) is 0 Å². The molecule has 16 nitrogen and oxygen atoms in total. The molecule has 2 aliphatic rings. The second kappa shape index (κ2) is 16.1. The molecule has 0 radical (unpaired) electrons. The van der Waals surface area contributed by atoms with Gasteiger partial charge in [0.15, 0.2) is 34.9 Å². The van der Waals surface area contributed by atoms with Gasteiger partial charge in [0.2, 0.25) is 23.5 Å². The van der Waals surface area contributed by atoms with Crippen molar-refractivity contribution in [2.24, 2.45) is 11.5 Å². The largest absolute Gasteiger partial charge is 0.451 e. The van der Waals surface area contributed by atoms with Gasteiger partial charge in [0.05, 0.1) is 13.1 Å². The number of nitrogens with one attached hydrogen (secondary N) is 2. The van der Waals surface area contributed by atoms with Crippen LogP contribution in [-0.2, 0) is 61.0 Å². The van der Waals surface area contributed by atoms with E-state index in [0.717, 1.165) is 21.3 Å². The average molecular weight is 859 g/mol. The van der Waals surface area contributed by atoms with Gasteiger partial charge in [-0.1, -0.05) is 0 Å². The Morgan fingerprint density at radius 1 is 0.617 bits per heavy atom. The summed E-state index contributed by atoms with van der Waals surface area (Å²) in [7, 11) is 0. The summed E-state index contributed by atoms with van der Waals surface area (Å²) in [4.78, 5) is 27.8. The zero-order valence-corrected chi connectivity index (χ0v) is 30.8. The van der Waals surface area contributed by atoms with Gasteiger partial charge in [-0.05, 0) is 24.3 Å². The van der Waals surface area contributed by atoms with Crippen LogP contribution in [0, 0.1) is 23.3 Å². The van der Waals surface area contributed by atoms with E-state index in [1.165, 1.54) is 21.9 Å². The molecule has 0 unspecified atom stereocenters. The van der Waals surface area contributed by atoms with Gasteiger partial charge in [-0.3, -0.25) is 19.8 Å². The molecule has 2 aromatic carbocycles. The molecule has 60 heavy (non-hydrogen) atoms. The van der Waals surface area contributed by atoms with Crippen LogP contribution in [0.1, 0.15) is 47.5 Å². The highest BCUT2D eigenvalue weighted by Crippen LogP contribution is 2.31. The van der Waals surface area contributed by atoms with Gasteiger partial charge in [-0.15, -0.1) is 20.4 Å². The summed E-state index contributed by atoms with van der Waals surface area (Å²) >= 11 is 0. The molecular formula is C34H32F10N14O2. The lowest BCUT2D eigenvalue weighted by Crippen LogP contribution is -2.42. The second-order valence-corrected chi connectivity index (χ2v) is 14.1. The number of aromatic amines is 2. The molecule has 26 heteroatoms. The maximum absolute atomic E-state index is 13.8. The van der Waals surface area contributed by atoms with E-state index in [-0.39, 0.29) is 99.4 Å². The Bertz CT molecular complexity index is 2390. The summed E-state index contributed by atoms with van der Waals surface area (Å²) in [5.74, 6) is -6.98. The molecule has 0 spiro atoms. The first-order chi connectivity index (χ1) is 28.3. The minimum Gasteiger partial charge on any atom is -0.333 e. The number of benzene rings is 2. The fourth-order valence-electron chi connectivity index (χ4n) is 7.00. The third-order valence-corrected chi connectivity index (χ3v) is 9.92. The van der Waals surface area contributed by atoms with Crippen molar-refractivity contribution in [3.63, 3.8) is 0 Å². The van der Waals surface area contributed by atoms with E-state index in [4.69, 9.17) is 11.5 Å². The first kappa shape index (κ1) is 42.0. The number of carbonyl (C=O) groups is 2. The molecule has 6 N–H and O–H groups in total. The van der Waals surface area contributed by atoms with Crippen LogP contribution in [-0.4, -0.2) is 96.7 Å². The molecule has 0 saturated heterocycles. The van der Waals surface area contributed by atoms with E-state index in [2.05, 4.69) is 40.8 Å². The molecule has 8 rings (SSSR count). The highest BCUT2D eigenvalue weighted by Gasteiger charge is 2.41. The fraction of sp³-hybridized carbons (Fsp3) is 0.412. The Balaban J connectivity index is 0.000000181. The molecule has 0 saturated carbocycles. The van der Waals surface area contributed by atoms with Crippen LogP contribution in [0.15, 0.2) is 24.3 Å². The molecule has 2 amide bonds. The minimum atomic E-state index is -4.62. The maximum atomic E-state index is 13.8. The lowest BCUT2D eigenvalue weighted by Gasteiger charge is -2.29. The number of halogens is 10. The number of fused-ring (bicyclic) bond motifs is 4. The Labute approximate surface area is 329 Å².